The minimum atomic E-state index is 0.256. The van der Waals surface area contributed by atoms with E-state index in [1.165, 1.54) is 29.7 Å². The maximum absolute atomic E-state index is 4.02. The second kappa shape index (κ2) is 5.63. The molecule has 0 spiro atoms. The Morgan fingerprint density at radius 2 is 2.29 bits per heavy atom. The number of rotatable bonds is 3. The number of alkyl halides is 1. The molecule has 2 rings (SSSR count). The van der Waals surface area contributed by atoms with Gasteiger partial charge in [0.2, 0.25) is 0 Å². The van der Waals surface area contributed by atoms with Crippen molar-refractivity contribution in [1.82, 2.24) is 13.4 Å². The van der Waals surface area contributed by atoms with Gasteiger partial charge in [0.05, 0.1) is 0 Å². The molecule has 0 atom stereocenters. The summed E-state index contributed by atoms with van der Waals surface area (Å²) >= 11 is 0.256. The summed E-state index contributed by atoms with van der Waals surface area (Å²) in [6, 6.07) is 4.22. The van der Waals surface area contributed by atoms with Crippen molar-refractivity contribution < 1.29 is 21.5 Å². The summed E-state index contributed by atoms with van der Waals surface area (Å²) in [4.78, 5) is 6.58. The first-order valence-corrected chi connectivity index (χ1v) is 7.48. The third-order valence-corrected chi connectivity index (χ3v) is 4.70. The Kier molecular flexibility index (Phi) is 4.15. The van der Waals surface area contributed by atoms with Crippen LogP contribution in [-0.4, -0.2) is 34.1 Å². The fraction of sp³-hybridized carbons (Fsp3) is 0.500. The minimum absolute atomic E-state index is 0.256. The zero-order valence-corrected chi connectivity index (χ0v) is 10.3. The zero-order valence-electron chi connectivity index (χ0n) is 8.12. The Hall–Kier alpha value is -0.200. The molecule has 1 aliphatic rings. The van der Waals surface area contributed by atoms with Gasteiger partial charge in [-0.25, -0.2) is 0 Å². The van der Waals surface area contributed by atoms with Gasteiger partial charge in [-0.05, 0) is 0 Å². The molecule has 1 aliphatic heterocycles. The average Bonchev–Trinajstić information content (AvgIpc) is 2.29. The Labute approximate surface area is 95.5 Å². The molecule has 0 aromatic carbocycles. The number of nitrogens with one attached hydrogen (secondary N) is 1. The van der Waals surface area contributed by atoms with Gasteiger partial charge in [0.25, 0.3) is 0 Å². The van der Waals surface area contributed by atoms with E-state index in [0.29, 0.717) is 0 Å². The van der Waals surface area contributed by atoms with Gasteiger partial charge >= 0.3 is 95.6 Å². The van der Waals surface area contributed by atoms with E-state index in [2.05, 4.69) is 25.5 Å². The first-order valence-electron chi connectivity index (χ1n) is 4.87. The number of pyridine rings is 1. The third-order valence-electron chi connectivity index (χ3n) is 2.31. The van der Waals surface area contributed by atoms with E-state index >= 15 is 0 Å². The van der Waals surface area contributed by atoms with Crippen molar-refractivity contribution in [3.63, 3.8) is 0 Å². The summed E-state index contributed by atoms with van der Waals surface area (Å²) in [6.45, 7) is 3.60. The predicted molar refractivity (Wildman–Crippen MR) is 52.4 cm³/mol. The Morgan fingerprint density at radius 1 is 1.43 bits per heavy atom. The van der Waals surface area contributed by atoms with Gasteiger partial charge in [0.1, 0.15) is 0 Å². The molecule has 0 unspecified atom stereocenters. The standard InChI is InChI=1S/C10H15IN3/c1-4-12-5-2-10(1)3-7-14-8-6-13-11-9-14/h1-2,4-5,13H,3,6-9H2/q-1. The fourth-order valence-electron chi connectivity index (χ4n) is 1.46. The molecule has 0 radical (unpaired) electrons. The molecule has 0 bridgehead atoms. The van der Waals surface area contributed by atoms with E-state index in [9.17, 15) is 0 Å². The van der Waals surface area contributed by atoms with Crippen LogP contribution in [0.4, 0.5) is 0 Å². The second-order valence-electron chi connectivity index (χ2n) is 3.36. The SMILES string of the molecule is c1cc(CCN2CCN[I-]C2)ccn1. The quantitative estimate of drug-likeness (QED) is 0.289. The molecule has 1 aromatic heterocycles. The predicted octanol–water partition coefficient (Wildman–Crippen LogP) is -2.51. The molecule has 0 saturated carbocycles. The van der Waals surface area contributed by atoms with Gasteiger partial charge in [0, 0.05) is 0 Å². The van der Waals surface area contributed by atoms with E-state index in [1.807, 2.05) is 12.4 Å². The number of aromatic nitrogens is 1. The van der Waals surface area contributed by atoms with Crippen molar-refractivity contribution in [3.8, 4) is 0 Å². The first kappa shape index (κ1) is 10.3. The van der Waals surface area contributed by atoms with E-state index in [1.54, 1.807) is 0 Å². The number of hydrogen-bond acceptors (Lipinski definition) is 3. The number of hydrogen-bond donors (Lipinski definition) is 1. The van der Waals surface area contributed by atoms with E-state index < -0.39 is 0 Å². The van der Waals surface area contributed by atoms with Gasteiger partial charge in [-0.1, -0.05) is 0 Å². The Balaban J connectivity index is 1.76. The summed E-state index contributed by atoms with van der Waals surface area (Å²) in [7, 11) is 0. The van der Waals surface area contributed by atoms with Gasteiger partial charge in [-0.3, -0.25) is 0 Å². The monoisotopic (exact) mass is 304 g/mol. The van der Waals surface area contributed by atoms with Gasteiger partial charge in [0.15, 0.2) is 0 Å². The number of nitrogens with zero attached hydrogens (tertiary/aromatic N) is 2. The summed E-state index contributed by atoms with van der Waals surface area (Å²) < 4.78 is 4.77. The average molecular weight is 304 g/mol. The third kappa shape index (κ3) is 3.18. The van der Waals surface area contributed by atoms with Crippen LogP contribution in [0.2, 0.25) is 0 Å². The normalized spacial score (nSPS) is 18.9. The molecule has 0 aliphatic carbocycles. The molecule has 4 heteroatoms. The van der Waals surface area contributed by atoms with Gasteiger partial charge < -0.3 is 0 Å². The van der Waals surface area contributed by atoms with Crippen LogP contribution < -0.4 is 25.0 Å². The maximum atomic E-state index is 4.02. The Morgan fingerprint density at radius 3 is 3.00 bits per heavy atom. The van der Waals surface area contributed by atoms with Crippen LogP contribution in [0.15, 0.2) is 24.5 Å². The van der Waals surface area contributed by atoms with Crippen LogP contribution in [-0.2, 0) is 6.42 Å². The van der Waals surface area contributed by atoms with Crippen LogP contribution >= 0.6 is 0 Å². The summed E-state index contributed by atoms with van der Waals surface area (Å²) in [5.74, 6) is 0. The van der Waals surface area contributed by atoms with Crippen molar-refractivity contribution in [2.45, 2.75) is 6.42 Å². The van der Waals surface area contributed by atoms with Crippen LogP contribution in [0.25, 0.3) is 0 Å². The van der Waals surface area contributed by atoms with Crippen molar-refractivity contribution in [1.29, 1.82) is 0 Å². The van der Waals surface area contributed by atoms with Crippen LogP contribution in [0.3, 0.4) is 0 Å². The van der Waals surface area contributed by atoms with Gasteiger partial charge in [-0.15, -0.1) is 0 Å². The summed E-state index contributed by atoms with van der Waals surface area (Å²) in [6.07, 6.45) is 4.91. The van der Waals surface area contributed by atoms with Crippen LogP contribution in [0.5, 0.6) is 0 Å². The second-order valence-corrected chi connectivity index (χ2v) is 5.57. The van der Waals surface area contributed by atoms with E-state index in [-0.39, 0.29) is 21.5 Å². The summed E-state index contributed by atoms with van der Waals surface area (Å²) in [5.41, 5.74) is 1.40. The van der Waals surface area contributed by atoms with Crippen LogP contribution in [0.1, 0.15) is 5.56 Å². The number of halogens is 1. The molecular weight excluding hydrogens is 289 g/mol. The molecular formula is C10H15IN3-. The molecule has 1 N–H and O–H groups in total. The van der Waals surface area contributed by atoms with Crippen molar-refractivity contribution in [2.75, 3.05) is 24.2 Å². The van der Waals surface area contributed by atoms with Crippen LogP contribution in [0, 0.1) is 0 Å². The molecule has 3 nitrogen and oxygen atoms in total. The molecule has 78 valence electrons. The zero-order chi connectivity index (χ0) is 9.64. The summed E-state index contributed by atoms with van der Waals surface area (Å²) in [5, 5.41) is 0. The molecule has 1 saturated heterocycles. The molecule has 14 heavy (non-hydrogen) atoms. The van der Waals surface area contributed by atoms with Gasteiger partial charge in [-0.2, -0.15) is 0 Å². The fourth-order valence-corrected chi connectivity index (χ4v) is 3.49. The first-order chi connectivity index (χ1) is 6.95. The van der Waals surface area contributed by atoms with Crippen molar-refractivity contribution in [3.05, 3.63) is 30.1 Å². The van der Waals surface area contributed by atoms with Crippen molar-refractivity contribution in [2.24, 2.45) is 0 Å². The molecule has 1 fully saturated rings. The molecule has 1 aromatic rings. The molecule has 0 amide bonds. The van der Waals surface area contributed by atoms with E-state index in [4.69, 9.17) is 0 Å². The topological polar surface area (TPSA) is 28.2 Å². The van der Waals surface area contributed by atoms with Crippen molar-refractivity contribution >= 4 is 0 Å². The molecule has 2 heterocycles. The Bertz CT molecular complexity index is 259. The van der Waals surface area contributed by atoms with E-state index in [0.717, 1.165) is 6.42 Å².